The number of carbonyl (C=O) groups excluding carboxylic acids is 1. The normalized spacial score (nSPS) is 11.6. The molecule has 0 aliphatic heterocycles. The number of rotatable bonds is 9. The first-order chi connectivity index (χ1) is 14.6. The van der Waals surface area contributed by atoms with Gasteiger partial charge in [-0.05, 0) is 55.2 Å². The summed E-state index contributed by atoms with van der Waals surface area (Å²) in [7, 11) is 0. The number of aromatic nitrogens is 2. The van der Waals surface area contributed by atoms with Crippen molar-refractivity contribution < 1.29 is 14.3 Å². The number of hydrogen-bond acceptors (Lipinski definition) is 6. The first-order valence-electron chi connectivity index (χ1n) is 9.94. The maximum atomic E-state index is 12.2. The van der Waals surface area contributed by atoms with E-state index in [0.717, 1.165) is 17.9 Å². The van der Waals surface area contributed by atoms with E-state index in [1.54, 1.807) is 24.3 Å². The minimum atomic E-state index is -0.384. The standard InChI is InChI=1S/C22H26N4O3S/c1-4-15(3)18-8-6-7-9-19(18)29-14-20-25-26-22(30-20)24-21(27)23-16-10-12-17(13-11-16)28-5-2/h6-13,15H,4-5,14H2,1-3H3,(H2,23,24,26,27)/t15-/m0/s1. The summed E-state index contributed by atoms with van der Waals surface area (Å²) < 4.78 is 11.3. The fraction of sp³-hybridized carbons (Fsp3) is 0.318. The van der Waals surface area contributed by atoms with Gasteiger partial charge in [0, 0.05) is 5.69 Å². The summed E-state index contributed by atoms with van der Waals surface area (Å²) in [6, 6.07) is 14.8. The van der Waals surface area contributed by atoms with Crippen LogP contribution in [-0.2, 0) is 6.61 Å². The Balaban J connectivity index is 1.53. The van der Waals surface area contributed by atoms with Gasteiger partial charge in [-0.15, -0.1) is 10.2 Å². The zero-order chi connectivity index (χ0) is 21.3. The predicted molar refractivity (Wildman–Crippen MR) is 120 cm³/mol. The number of carbonyl (C=O) groups is 1. The van der Waals surface area contributed by atoms with E-state index < -0.39 is 0 Å². The first kappa shape index (κ1) is 21.6. The van der Waals surface area contributed by atoms with Gasteiger partial charge in [-0.3, -0.25) is 5.32 Å². The van der Waals surface area contributed by atoms with E-state index in [9.17, 15) is 4.79 Å². The van der Waals surface area contributed by atoms with Crippen molar-refractivity contribution in [1.82, 2.24) is 10.2 Å². The van der Waals surface area contributed by atoms with Gasteiger partial charge in [0.05, 0.1) is 6.61 Å². The molecule has 0 spiro atoms. The molecule has 1 atom stereocenters. The van der Waals surface area contributed by atoms with Crippen LogP contribution in [0.4, 0.5) is 15.6 Å². The van der Waals surface area contributed by atoms with Crippen LogP contribution < -0.4 is 20.1 Å². The Labute approximate surface area is 180 Å². The Morgan fingerprint density at radius 2 is 1.80 bits per heavy atom. The average Bonchev–Trinajstić information content (AvgIpc) is 3.20. The van der Waals surface area contributed by atoms with Crippen LogP contribution in [0.1, 0.15) is 43.7 Å². The topological polar surface area (TPSA) is 85.4 Å². The van der Waals surface area contributed by atoms with Crippen molar-refractivity contribution in [3.8, 4) is 11.5 Å². The molecule has 2 amide bonds. The molecule has 0 bridgehead atoms. The minimum absolute atomic E-state index is 0.299. The molecule has 0 aliphatic carbocycles. The van der Waals surface area contributed by atoms with Crippen LogP contribution in [0.5, 0.6) is 11.5 Å². The molecule has 1 heterocycles. The van der Waals surface area contributed by atoms with Crippen molar-refractivity contribution in [2.45, 2.75) is 39.7 Å². The van der Waals surface area contributed by atoms with Crippen LogP contribution in [0.3, 0.4) is 0 Å². The average molecular weight is 427 g/mol. The lowest BCUT2D eigenvalue weighted by Crippen LogP contribution is -2.19. The quantitative estimate of drug-likeness (QED) is 0.460. The highest BCUT2D eigenvalue weighted by Crippen LogP contribution is 2.29. The summed E-state index contributed by atoms with van der Waals surface area (Å²) in [4.78, 5) is 12.2. The van der Waals surface area contributed by atoms with Gasteiger partial charge in [0.25, 0.3) is 0 Å². The van der Waals surface area contributed by atoms with Crippen LogP contribution in [0.15, 0.2) is 48.5 Å². The zero-order valence-corrected chi connectivity index (χ0v) is 18.2. The largest absolute Gasteiger partial charge is 0.494 e. The smallest absolute Gasteiger partial charge is 0.325 e. The molecular weight excluding hydrogens is 400 g/mol. The zero-order valence-electron chi connectivity index (χ0n) is 17.3. The summed E-state index contributed by atoms with van der Waals surface area (Å²) in [5.74, 6) is 2.02. The van der Waals surface area contributed by atoms with Crippen molar-refractivity contribution in [3.05, 3.63) is 59.1 Å². The molecule has 0 unspecified atom stereocenters. The van der Waals surface area contributed by atoms with Crippen LogP contribution in [0.25, 0.3) is 0 Å². The summed E-state index contributed by atoms with van der Waals surface area (Å²) >= 11 is 1.28. The van der Waals surface area contributed by atoms with Gasteiger partial charge in [0.2, 0.25) is 5.13 Å². The van der Waals surface area contributed by atoms with Gasteiger partial charge < -0.3 is 14.8 Å². The summed E-state index contributed by atoms with van der Waals surface area (Å²) in [5, 5.41) is 14.7. The monoisotopic (exact) mass is 426 g/mol. The Kier molecular flexibility index (Phi) is 7.62. The van der Waals surface area contributed by atoms with Gasteiger partial charge in [0.15, 0.2) is 5.01 Å². The molecule has 3 rings (SSSR count). The number of anilines is 2. The molecule has 1 aromatic heterocycles. The Morgan fingerprint density at radius 3 is 2.53 bits per heavy atom. The van der Waals surface area contributed by atoms with Gasteiger partial charge in [0.1, 0.15) is 18.1 Å². The van der Waals surface area contributed by atoms with Crippen molar-refractivity contribution in [2.24, 2.45) is 0 Å². The molecule has 8 heteroatoms. The molecule has 0 radical (unpaired) electrons. The molecule has 3 aromatic rings. The molecule has 7 nitrogen and oxygen atoms in total. The fourth-order valence-electron chi connectivity index (χ4n) is 2.80. The molecule has 2 aromatic carbocycles. The number of para-hydroxylation sites is 1. The van der Waals surface area contributed by atoms with Gasteiger partial charge in [-0.25, -0.2) is 4.79 Å². The molecule has 30 heavy (non-hydrogen) atoms. The number of hydrogen-bond donors (Lipinski definition) is 2. The lowest BCUT2D eigenvalue weighted by Gasteiger charge is -2.14. The Hall–Kier alpha value is -3.13. The van der Waals surface area contributed by atoms with E-state index in [1.165, 1.54) is 16.9 Å². The second-order valence-corrected chi connectivity index (χ2v) is 7.74. The summed E-state index contributed by atoms with van der Waals surface area (Å²) in [5.41, 5.74) is 1.84. The van der Waals surface area contributed by atoms with Crippen LogP contribution in [0, 0.1) is 0 Å². The molecule has 0 saturated heterocycles. The second kappa shape index (κ2) is 10.6. The highest BCUT2D eigenvalue weighted by molar-refractivity contribution is 7.15. The third kappa shape index (κ3) is 5.93. The molecule has 2 N–H and O–H groups in total. The third-order valence-electron chi connectivity index (χ3n) is 4.52. The number of amides is 2. The van der Waals surface area contributed by atoms with Crippen molar-refractivity contribution >= 4 is 28.2 Å². The van der Waals surface area contributed by atoms with E-state index in [4.69, 9.17) is 9.47 Å². The molecular formula is C22H26N4O3S. The maximum absolute atomic E-state index is 12.2. The van der Waals surface area contributed by atoms with E-state index in [0.29, 0.717) is 35.0 Å². The van der Waals surface area contributed by atoms with E-state index >= 15 is 0 Å². The number of urea groups is 1. The number of benzene rings is 2. The first-order valence-corrected chi connectivity index (χ1v) is 10.8. The van der Waals surface area contributed by atoms with Crippen molar-refractivity contribution in [2.75, 3.05) is 17.2 Å². The lowest BCUT2D eigenvalue weighted by molar-refractivity contribution is 0.262. The highest BCUT2D eigenvalue weighted by Gasteiger charge is 2.12. The van der Waals surface area contributed by atoms with Gasteiger partial charge in [-0.2, -0.15) is 0 Å². The second-order valence-electron chi connectivity index (χ2n) is 6.67. The van der Waals surface area contributed by atoms with E-state index in [2.05, 4.69) is 40.7 Å². The lowest BCUT2D eigenvalue weighted by atomic mass is 9.98. The summed E-state index contributed by atoms with van der Waals surface area (Å²) in [6.07, 6.45) is 1.04. The van der Waals surface area contributed by atoms with E-state index in [-0.39, 0.29) is 6.03 Å². The molecule has 158 valence electrons. The molecule has 0 aliphatic rings. The number of ether oxygens (including phenoxy) is 2. The molecule has 0 fully saturated rings. The Bertz CT molecular complexity index is 959. The van der Waals surface area contributed by atoms with Gasteiger partial charge >= 0.3 is 6.03 Å². The van der Waals surface area contributed by atoms with Crippen LogP contribution in [0.2, 0.25) is 0 Å². The van der Waals surface area contributed by atoms with Crippen molar-refractivity contribution in [3.63, 3.8) is 0 Å². The summed E-state index contributed by atoms with van der Waals surface area (Å²) in [6.45, 7) is 7.15. The van der Waals surface area contributed by atoms with Crippen LogP contribution >= 0.6 is 11.3 Å². The van der Waals surface area contributed by atoms with E-state index in [1.807, 2.05) is 25.1 Å². The molecule has 0 saturated carbocycles. The fourth-order valence-corrected chi connectivity index (χ4v) is 3.45. The third-order valence-corrected chi connectivity index (χ3v) is 5.34. The SMILES string of the molecule is CCOc1ccc(NC(=O)Nc2nnc(COc3ccccc3[C@@H](C)CC)s2)cc1. The predicted octanol–water partition coefficient (Wildman–Crippen LogP) is 5.67. The number of nitrogens with one attached hydrogen (secondary N) is 2. The van der Waals surface area contributed by atoms with Crippen LogP contribution in [-0.4, -0.2) is 22.8 Å². The minimum Gasteiger partial charge on any atom is -0.494 e. The Morgan fingerprint density at radius 1 is 1.03 bits per heavy atom. The number of nitrogens with zero attached hydrogens (tertiary/aromatic N) is 2. The maximum Gasteiger partial charge on any atom is 0.325 e. The highest BCUT2D eigenvalue weighted by atomic mass is 32.1. The van der Waals surface area contributed by atoms with Gasteiger partial charge in [-0.1, -0.05) is 43.4 Å². The van der Waals surface area contributed by atoms with Crippen molar-refractivity contribution in [1.29, 1.82) is 0 Å².